The lowest BCUT2D eigenvalue weighted by Crippen LogP contribution is -2.37. The molecule has 0 unspecified atom stereocenters. The molecule has 2 saturated heterocycles. The second kappa shape index (κ2) is 10.6. The highest BCUT2D eigenvalue weighted by Crippen LogP contribution is 2.35. The van der Waals surface area contributed by atoms with Crippen LogP contribution in [0, 0.1) is 5.92 Å². The number of benzene rings is 1. The number of pyridine rings is 1. The van der Waals surface area contributed by atoms with Crippen LogP contribution < -0.4 is 10.5 Å². The van der Waals surface area contributed by atoms with E-state index in [2.05, 4.69) is 29.2 Å². The van der Waals surface area contributed by atoms with Crippen LogP contribution in [0.2, 0.25) is 0 Å². The lowest BCUT2D eigenvalue weighted by molar-refractivity contribution is -0.122. The molecule has 9 heteroatoms. The Balaban J connectivity index is 1.30. The molecule has 1 aromatic carbocycles. The number of furan rings is 1. The van der Waals surface area contributed by atoms with Gasteiger partial charge in [-0.15, -0.1) is 0 Å². The largest absolute Gasteiger partial charge is 0.467 e. The van der Waals surface area contributed by atoms with E-state index in [1.807, 2.05) is 18.2 Å². The Morgan fingerprint density at radius 3 is 2.58 bits per heavy atom. The topological polar surface area (TPSA) is 71.1 Å². The van der Waals surface area contributed by atoms with Gasteiger partial charge in [-0.1, -0.05) is 60.4 Å². The fourth-order valence-electron chi connectivity index (χ4n) is 5.08. The summed E-state index contributed by atoms with van der Waals surface area (Å²) in [6.07, 6.45) is 8.01. The molecule has 2 fully saturated rings. The van der Waals surface area contributed by atoms with Gasteiger partial charge in [-0.25, -0.2) is 4.98 Å². The van der Waals surface area contributed by atoms with Crippen LogP contribution in [0.25, 0.3) is 11.7 Å². The second-order valence-electron chi connectivity index (χ2n) is 9.55. The van der Waals surface area contributed by atoms with E-state index < -0.39 is 0 Å². The minimum Gasteiger partial charge on any atom is -0.467 e. The van der Waals surface area contributed by atoms with E-state index >= 15 is 0 Å². The molecule has 0 spiro atoms. The van der Waals surface area contributed by atoms with Crippen LogP contribution in [0.3, 0.4) is 0 Å². The average Bonchev–Trinajstić information content (AvgIpc) is 3.55. The standard InChI is InChI=1S/C29H26N4O3S2/c34-27-23(18-24-28(35)33(29(37)38-24)19-22-9-6-16-36-22)26(30-25-10-4-5-13-32(25)27)31-14-11-21(12-15-31)17-20-7-2-1-3-8-20/h1-10,13,16,18,21H,11-12,14-15,17,19H2/b24-18+. The molecule has 0 bridgehead atoms. The molecule has 0 saturated carbocycles. The highest BCUT2D eigenvalue weighted by Gasteiger charge is 2.34. The summed E-state index contributed by atoms with van der Waals surface area (Å²) in [5, 5.41) is 0. The molecule has 38 heavy (non-hydrogen) atoms. The zero-order chi connectivity index (χ0) is 26.1. The highest BCUT2D eigenvalue weighted by atomic mass is 32.2. The molecule has 192 valence electrons. The van der Waals surface area contributed by atoms with E-state index in [-0.39, 0.29) is 18.0 Å². The van der Waals surface area contributed by atoms with Crippen LogP contribution >= 0.6 is 24.0 Å². The fraction of sp³-hybridized carbons (Fsp3) is 0.241. The minimum absolute atomic E-state index is 0.201. The summed E-state index contributed by atoms with van der Waals surface area (Å²) in [6, 6.07) is 19.7. The quantitative estimate of drug-likeness (QED) is 0.247. The van der Waals surface area contributed by atoms with Crippen molar-refractivity contribution in [1.82, 2.24) is 14.3 Å². The number of carbonyl (C=O) groups is 1. The van der Waals surface area contributed by atoms with E-state index in [0.29, 0.717) is 37.9 Å². The van der Waals surface area contributed by atoms with Crippen molar-refractivity contribution in [3.05, 3.63) is 105 Å². The van der Waals surface area contributed by atoms with E-state index in [9.17, 15) is 9.59 Å². The summed E-state index contributed by atoms with van der Waals surface area (Å²) in [5.41, 5.74) is 2.15. The van der Waals surface area contributed by atoms with Gasteiger partial charge in [0.05, 0.1) is 23.3 Å². The van der Waals surface area contributed by atoms with Crippen molar-refractivity contribution >= 4 is 51.7 Å². The Morgan fingerprint density at radius 2 is 1.82 bits per heavy atom. The number of piperidine rings is 1. The van der Waals surface area contributed by atoms with Gasteiger partial charge < -0.3 is 9.32 Å². The Bertz CT molecular complexity index is 1570. The van der Waals surface area contributed by atoms with Crippen LogP contribution in [0.4, 0.5) is 5.82 Å². The van der Waals surface area contributed by atoms with E-state index in [1.165, 1.54) is 26.6 Å². The van der Waals surface area contributed by atoms with Gasteiger partial charge in [-0.3, -0.25) is 18.9 Å². The Labute approximate surface area is 229 Å². The van der Waals surface area contributed by atoms with Gasteiger partial charge in [0.15, 0.2) is 0 Å². The SMILES string of the molecule is O=C1/C(=C\c2c(N3CCC(Cc4ccccc4)CC3)nc3ccccn3c2=O)SC(=S)N1Cc1ccco1. The van der Waals surface area contributed by atoms with Crippen molar-refractivity contribution in [2.75, 3.05) is 18.0 Å². The summed E-state index contributed by atoms with van der Waals surface area (Å²) in [4.78, 5) is 36.0. The molecule has 3 aromatic heterocycles. The molecule has 2 aliphatic heterocycles. The number of hydrogen-bond donors (Lipinski definition) is 0. The highest BCUT2D eigenvalue weighted by molar-refractivity contribution is 8.26. The van der Waals surface area contributed by atoms with Gasteiger partial charge in [0.25, 0.3) is 11.5 Å². The monoisotopic (exact) mass is 542 g/mol. The third-order valence-electron chi connectivity index (χ3n) is 7.07. The number of aromatic nitrogens is 2. The van der Waals surface area contributed by atoms with Gasteiger partial charge in [0.1, 0.15) is 21.5 Å². The molecule has 4 aromatic rings. The zero-order valence-electron chi connectivity index (χ0n) is 20.7. The number of thioether (sulfide) groups is 1. The number of carbonyl (C=O) groups excluding carboxylic acids is 1. The molecule has 5 heterocycles. The fourth-order valence-corrected chi connectivity index (χ4v) is 6.32. The minimum atomic E-state index is -0.235. The first-order chi connectivity index (χ1) is 18.6. The number of anilines is 1. The molecule has 7 nitrogen and oxygen atoms in total. The molecule has 0 aliphatic carbocycles. The molecule has 0 radical (unpaired) electrons. The number of fused-ring (bicyclic) bond motifs is 1. The van der Waals surface area contributed by atoms with E-state index in [1.54, 1.807) is 36.7 Å². The normalized spacial score (nSPS) is 17.7. The van der Waals surface area contributed by atoms with Gasteiger partial charge >= 0.3 is 0 Å². The van der Waals surface area contributed by atoms with Crippen molar-refractivity contribution in [1.29, 1.82) is 0 Å². The molecule has 0 N–H and O–H groups in total. The lowest BCUT2D eigenvalue weighted by Gasteiger charge is -2.33. The van der Waals surface area contributed by atoms with Gasteiger partial charge in [0, 0.05) is 19.3 Å². The third kappa shape index (κ3) is 4.91. The van der Waals surface area contributed by atoms with E-state index in [0.717, 1.165) is 32.4 Å². The molecule has 6 rings (SSSR count). The third-order valence-corrected chi connectivity index (χ3v) is 8.45. The first-order valence-corrected chi connectivity index (χ1v) is 13.9. The summed E-state index contributed by atoms with van der Waals surface area (Å²) >= 11 is 6.70. The molecular weight excluding hydrogens is 516 g/mol. The van der Waals surface area contributed by atoms with E-state index in [4.69, 9.17) is 21.6 Å². The smallest absolute Gasteiger partial charge is 0.267 e. The second-order valence-corrected chi connectivity index (χ2v) is 11.2. The first-order valence-electron chi connectivity index (χ1n) is 12.6. The summed E-state index contributed by atoms with van der Waals surface area (Å²) in [7, 11) is 0. The molecular formula is C29H26N4O3S2. The van der Waals surface area contributed by atoms with Crippen molar-refractivity contribution < 1.29 is 9.21 Å². The number of amides is 1. The first kappa shape index (κ1) is 24.6. The lowest BCUT2D eigenvalue weighted by atomic mass is 9.90. The van der Waals surface area contributed by atoms with Crippen LogP contribution in [-0.2, 0) is 17.8 Å². The summed E-state index contributed by atoms with van der Waals surface area (Å²) in [6.45, 7) is 1.85. The summed E-state index contributed by atoms with van der Waals surface area (Å²) < 4.78 is 7.37. The maximum atomic E-state index is 13.7. The Morgan fingerprint density at radius 1 is 1.03 bits per heavy atom. The Hall–Kier alpha value is -3.69. The van der Waals surface area contributed by atoms with Crippen LogP contribution in [0.5, 0.6) is 0 Å². The molecule has 0 atom stereocenters. The van der Waals surface area contributed by atoms with Crippen LogP contribution in [0.15, 0.2) is 87.2 Å². The number of thiocarbonyl (C=S) groups is 1. The van der Waals surface area contributed by atoms with Crippen molar-refractivity contribution in [2.45, 2.75) is 25.8 Å². The van der Waals surface area contributed by atoms with Crippen LogP contribution in [-0.4, -0.2) is 37.6 Å². The number of rotatable bonds is 6. The van der Waals surface area contributed by atoms with Gasteiger partial charge in [0.2, 0.25) is 0 Å². The Kier molecular flexibility index (Phi) is 6.86. The summed E-state index contributed by atoms with van der Waals surface area (Å²) in [5.74, 6) is 1.61. The number of nitrogens with zero attached hydrogens (tertiary/aromatic N) is 4. The molecule has 1 amide bonds. The molecule has 2 aliphatic rings. The predicted octanol–water partition coefficient (Wildman–Crippen LogP) is 5.15. The maximum Gasteiger partial charge on any atom is 0.267 e. The van der Waals surface area contributed by atoms with Gasteiger partial charge in [-0.2, -0.15) is 0 Å². The average molecular weight is 543 g/mol. The van der Waals surface area contributed by atoms with Crippen LogP contribution in [0.1, 0.15) is 29.7 Å². The zero-order valence-corrected chi connectivity index (χ0v) is 22.3. The van der Waals surface area contributed by atoms with Crippen molar-refractivity contribution in [2.24, 2.45) is 5.92 Å². The van der Waals surface area contributed by atoms with Crippen molar-refractivity contribution in [3.8, 4) is 0 Å². The van der Waals surface area contributed by atoms with Gasteiger partial charge in [-0.05, 0) is 61.1 Å². The van der Waals surface area contributed by atoms with Crippen molar-refractivity contribution in [3.63, 3.8) is 0 Å². The predicted molar refractivity (Wildman–Crippen MR) is 154 cm³/mol. The maximum absolute atomic E-state index is 13.7. The number of hydrogen-bond acceptors (Lipinski definition) is 7.